The van der Waals surface area contributed by atoms with Gasteiger partial charge in [0, 0.05) is 18.5 Å². The second-order valence-corrected chi connectivity index (χ2v) is 17.7. The van der Waals surface area contributed by atoms with Crippen LogP contribution < -0.4 is 15.5 Å². The zero-order valence-electron chi connectivity index (χ0n) is 36.6. The van der Waals surface area contributed by atoms with Crippen LogP contribution in [-0.4, -0.2) is 105 Å². The molecule has 8 rings (SSSR count). The van der Waals surface area contributed by atoms with Gasteiger partial charge in [-0.2, -0.15) is 0 Å². The van der Waals surface area contributed by atoms with Gasteiger partial charge < -0.3 is 44.8 Å². The van der Waals surface area contributed by atoms with E-state index in [0.29, 0.717) is 33.7 Å². The largest absolute Gasteiger partial charge is 0.453 e. The molecule has 0 bridgehead atoms. The Morgan fingerprint density at radius 1 is 0.656 bits per heavy atom. The standard InChI is InChI=1S/C46H54F3N9O6/c1-23(2)39(54-45(61)63-5)43(59)56-21-28(48)19-37(56)41-50-31-13-7-25(17-33(31)52-41)35-15-16-36(58(35)30-11-9-27(47)10-12-30)26-8-14-32-34(18-26)53-42(51-32)38-20-29(49)22-57(38)44(60)40(24(3)4)55-46(62)64-6/h7-14,17-18,23-24,28-29,35-40H,15-16,19-22H2,1-6H3,(H,50,52)(H,51,53)(H,54,61)(H,55,62)/t28-,29-,35+,36+,37-,38-,39-,40?/m0/s1. The van der Waals surface area contributed by atoms with Crippen molar-refractivity contribution in [2.45, 2.75) is 102 Å². The first-order valence-electron chi connectivity index (χ1n) is 21.7. The number of benzene rings is 3. The summed E-state index contributed by atoms with van der Waals surface area (Å²) in [5, 5.41) is 5.19. The first kappa shape index (κ1) is 44.3. The second-order valence-electron chi connectivity index (χ2n) is 17.7. The van der Waals surface area contributed by atoms with Crippen LogP contribution in [0.25, 0.3) is 22.1 Å². The molecule has 1 unspecified atom stereocenters. The van der Waals surface area contributed by atoms with Gasteiger partial charge in [-0.05, 0) is 84.3 Å². The van der Waals surface area contributed by atoms with Crippen molar-refractivity contribution in [1.82, 2.24) is 40.4 Å². The van der Waals surface area contributed by atoms with E-state index in [-0.39, 0.29) is 55.7 Å². The molecule has 15 nitrogen and oxygen atoms in total. The second kappa shape index (κ2) is 18.0. The van der Waals surface area contributed by atoms with Gasteiger partial charge in [0.2, 0.25) is 11.8 Å². The smallest absolute Gasteiger partial charge is 0.407 e. The molecule has 18 heteroatoms. The van der Waals surface area contributed by atoms with Crippen LogP contribution in [-0.2, 0) is 19.1 Å². The number of aromatic amines is 2. The topological polar surface area (TPSA) is 178 Å². The number of anilines is 1. The Kier molecular flexibility index (Phi) is 12.5. The van der Waals surface area contributed by atoms with Crippen LogP contribution >= 0.6 is 0 Å². The SMILES string of the molecule is COC(=O)NC(C(=O)N1C[C@@H](F)C[C@H]1c1nc2cc([C@H]3CC[C@H](c4ccc5[nH]c([C@@H]6C[C@H](F)CN6C(=O)[C@@H](NC(=O)OC)C(C)C)nc5c4)N3c3ccc(F)cc3)ccc2[nH]1)C(C)C. The Bertz CT molecular complexity index is 2380. The van der Waals surface area contributed by atoms with E-state index in [9.17, 15) is 23.6 Å². The maximum atomic E-state index is 15.1. The fourth-order valence-corrected chi connectivity index (χ4v) is 9.59. The first-order valence-corrected chi connectivity index (χ1v) is 21.7. The predicted molar refractivity (Wildman–Crippen MR) is 232 cm³/mol. The molecular formula is C46H54F3N9O6. The van der Waals surface area contributed by atoms with Gasteiger partial charge in [0.1, 0.15) is 41.9 Å². The quantitative estimate of drug-likeness (QED) is 0.104. The summed E-state index contributed by atoms with van der Waals surface area (Å²) in [5.41, 5.74) is 5.42. The Morgan fingerprint density at radius 3 is 1.47 bits per heavy atom. The van der Waals surface area contributed by atoms with Crippen LogP contribution in [0.1, 0.15) is 100 Å². The third-order valence-electron chi connectivity index (χ3n) is 12.8. The third kappa shape index (κ3) is 8.65. The summed E-state index contributed by atoms with van der Waals surface area (Å²) in [5.74, 6) is -0.884. The molecule has 5 aromatic rings. The first-order chi connectivity index (χ1) is 30.6. The Morgan fingerprint density at radius 2 is 1.08 bits per heavy atom. The lowest BCUT2D eigenvalue weighted by molar-refractivity contribution is -0.136. The molecule has 0 aliphatic carbocycles. The number of hydrogen-bond donors (Lipinski definition) is 4. The zero-order valence-corrected chi connectivity index (χ0v) is 36.6. The molecule has 0 spiro atoms. The van der Waals surface area contributed by atoms with E-state index in [2.05, 4.69) is 25.5 Å². The number of carbonyl (C=O) groups is 4. The number of carbonyl (C=O) groups excluding carboxylic acids is 4. The lowest BCUT2D eigenvalue weighted by atomic mass is 10.0. The van der Waals surface area contributed by atoms with Gasteiger partial charge in [0.15, 0.2) is 0 Å². The maximum absolute atomic E-state index is 15.1. The van der Waals surface area contributed by atoms with Crippen LogP contribution in [0.5, 0.6) is 0 Å². The molecule has 8 atom stereocenters. The molecule has 3 fully saturated rings. The molecule has 3 aliphatic heterocycles. The number of hydrogen-bond acceptors (Lipinski definition) is 9. The number of aromatic nitrogens is 4. The predicted octanol–water partition coefficient (Wildman–Crippen LogP) is 7.65. The van der Waals surface area contributed by atoms with E-state index < -0.39 is 60.5 Å². The highest BCUT2D eigenvalue weighted by Crippen LogP contribution is 2.48. The van der Waals surface area contributed by atoms with Gasteiger partial charge in [0.25, 0.3) is 0 Å². The number of nitrogens with one attached hydrogen (secondary N) is 4. The van der Waals surface area contributed by atoms with Crippen molar-refractivity contribution < 1.29 is 41.8 Å². The molecule has 4 N–H and O–H groups in total. The number of halogens is 3. The van der Waals surface area contributed by atoms with Crippen molar-refractivity contribution in [1.29, 1.82) is 0 Å². The highest BCUT2D eigenvalue weighted by molar-refractivity contribution is 5.88. The average molecular weight is 886 g/mol. The molecule has 64 heavy (non-hydrogen) atoms. The number of rotatable bonds is 11. The van der Waals surface area contributed by atoms with E-state index >= 15 is 8.78 Å². The fourth-order valence-electron chi connectivity index (χ4n) is 9.59. The lowest BCUT2D eigenvalue weighted by Crippen LogP contribution is -2.51. The molecular weight excluding hydrogens is 832 g/mol. The van der Waals surface area contributed by atoms with Gasteiger partial charge in [0.05, 0.1) is 73.5 Å². The fraction of sp³-hybridized carbons (Fsp3) is 0.478. The summed E-state index contributed by atoms with van der Waals surface area (Å²) in [7, 11) is 2.44. The third-order valence-corrected chi connectivity index (χ3v) is 12.8. The van der Waals surface area contributed by atoms with Crippen LogP contribution in [0.2, 0.25) is 0 Å². The van der Waals surface area contributed by atoms with Gasteiger partial charge in [-0.15, -0.1) is 0 Å². The number of likely N-dealkylation sites (tertiary alicyclic amines) is 2. The van der Waals surface area contributed by atoms with E-state index in [1.54, 1.807) is 39.8 Å². The molecule has 3 aromatic carbocycles. The molecule has 340 valence electrons. The van der Waals surface area contributed by atoms with Crippen molar-refractivity contribution in [3.8, 4) is 0 Å². The Hall–Kier alpha value is -6.33. The number of imidazole rings is 2. The number of nitrogens with zero attached hydrogens (tertiary/aromatic N) is 5. The van der Waals surface area contributed by atoms with Gasteiger partial charge >= 0.3 is 12.2 Å². The van der Waals surface area contributed by atoms with Crippen LogP contribution in [0.15, 0.2) is 60.7 Å². The number of ether oxygens (including phenoxy) is 2. The number of alkyl carbamates (subject to hydrolysis) is 2. The molecule has 0 saturated carbocycles. The summed E-state index contributed by atoms with van der Waals surface area (Å²) in [6, 6.07) is 14.7. The summed E-state index contributed by atoms with van der Waals surface area (Å²) in [6.45, 7) is 6.91. The van der Waals surface area contributed by atoms with Crippen LogP contribution in [0.4, 0.5) is 28.4 Å². The van der Waals surface area contributed by atoms with Crippen LogP contribution in [0, 0.1) is 17.7 Å². The van der Waals surface area contributed by atoms with E-state index in [0.717, 1.165) is 29.7 Å². The van der Waals surface area contributed by atoms with E-state index in [4.69, 9.17) is 19.4 Å². The average Bonchev–Trinajstić information content (AvgIpc) is 4.12. The number of alkyl halides is 2. The zero-order chi connectivity index (χ0) is 45.6. The minimum Gasteiger partial charge on any atom is -0.453 e. The highest BCUT2D eigenvalue weighted by atomic mass is 19.1. The van der Waals surface area contributed by atoms with Gasteiger partial charge in [-0.3, -0.25) is 9.59 Å². The number of methoxy groups -OCH3 is 2. The van der Waals surface area contributed by atoms with Gasteiger partial charge in [-0.25, -0.2) is 32.7 Å². The van der Waals surface area contributed by atoms with E-state index in [1.165, 1.54) is 36.2 Å². The van der Waals surface area contributed by atoms with Crippen molar-refractivity contribution in [2.75, 3.05) is 32.2 Å². The number of amides is 4. The molecule has 2 aromatic heterocycles. The molecule has 5 heterocycles. The summed E-state index contributed by atoms with van der Waals surface area (Å²) >= 11 is 0. The van der Waals surface area contributed by atoms with E-state index in [1.807, 2.05) is 36.4 Å². The normalized spacial score (nSPS) is 23.3. The van der Waals surface area contributed by atoms with Crippen LogP contribution in [0.3, 0.4) is 0 Å². The molecule has 0 radical (unpaired) electrons. The van der Waals surface area contributed by atoms with Crippen molar-refractivity contribution in [3.05, 3.63) is 89.3 Å². The van der Waals surface area contributed by atoms with Crippen molar-refractivity contribution >= 4 is 51.8 Å². The summed E-state index contributed by atoms with van der Waals surface area (Å²) in [4.78, 5) is 73.4. The number of fused-ring (bicyclic) bond motifs is 2. The Balaban J connectivity index is 1.07. The highest BCUT2D eigenvalue weighted by Gasteiger charge is 2.44. The minimum absolute atomic E-state index is 0.0481. The Labute approximate surface area is 368 Å². The summed E-state index contributed by atoms with van der Waals surface area (Å²) < 4.78 is 54.0. The maximum Gasteiger partial charge on any atom is 0.407 e. The molecule has 3 aliphatic rings. The molecule has 4 amide bonds. The molecule has 3 saturated heterocycles. The van der Waals surface area contributed by atoms with Crippen molar-refractivity contribution in [2.24, 2.45) is 11.8 Å². The van der Waals surface area contributed by atoms with Crippen molar-refractivity contribution in [3.63, 3.8) is 0 Å². The summed E-state index contributed by atoms with van der Waals surface area (Å²) in [6.07, 6.45) is -2.48. The lowest BCUT2D eigenvalue weighted by Gasteiger charge is -2.33. The monoisotopic (exact) mass is 885 g/mol. The van der Waals surface area contributed by atoms with Gasteiger partial charge in [-0.1, -0.05) is 39.8 Å². The number of H-pyrrole nitrogens is 2. The minimum atomic E-state index is -1.28.